The zero-order valence-electron chi connectivity index (χ0n) is 12.9. The third-order valence-corrected chi connectivity index (χ3v) is 4.25. The Labute approximate surface area is 134 Å². The van der Waals surface area contributed by atoms with Crippen molar-refractivity contribution >= 4 is 17.3 Å². The van der Waals surface area contributed by atoms with Gasteiger partial charge in [-0.05, 0) is 37.1 Å². The lowest BCUT2D eigenvalue weighted by Crippen LogP contribution is -2.27. The van der Waals surface area contributed by atoms with Crippen molar-refractivity contribution in [3.63, 3.8) is 0 Å². The van der Waals surface area contributed by atoms with Gasteiger partial charge in [0.25, 0.3) is 0 Å². The summed E-state index contributed by atoms with van der Waals surface area (Å²) < 4.78 is 13.8. The average molecular weight is 314 g/mol. The molecule has 0 aromatic heterocycles. The first-order valence-corrected chi connectivity index (χ1v) is 7.65. The van der Waals surface area contributed by atoms with Crippen LogP contribution in [0.1, 0.15) is 12.0 Å². The van der Waals surface area contributed by atoms with Gasteiger partial charge in [0.15, 0.2) is 0 Å². The number of hydrogen-bond acceptors (Lipinski definition) is 3. The molecular formula is C18H19FN2O2. The molecule has 120 valence electrons. The maximum atomic E-state index is 13.8. The van der Waals surface area contributed by atoms with E-state index in [4.69, 9.17) is 0 Å². The minimum atomic E-state index is -0.273. The number of carbonyl (C=O) groups is 1. The molecule has 0 saturated carbocycles. The van der Waals surface area contributed by atoms with Crippen LogP contribution in [-0.2, 0) is 4.79 Å². The molecule has 4 nitrogen and oxygen atoms in total. The first-order valence-electron chi connectivity index (χ1n) is 7.65. The number of phenolic OH excluding ortho intramolecular Hbond substituents is 1. The molecule has 23 heavy (non-hydrogen) atoms. The van der Waals surface area contributed by atoms with Gasteiger partial charge in [-0.1, -0.05) is 24.3 Å². The van der Waals surface area contributed by atoms with E-state index in [0.29, 0.717) is 30.9 Å². The Bertz CT molecular complexity index is 712. The van der Waals surface area contributed by atoms with Crippen LogP contribution in [0, 0.1) is 18.7 Å². The van der Waals surface area contributed by atoms with Crippen molar-refractivity contribution in [1.82, 2.24) is 0 Å². The number of halogens is 1. The number of rotatable bonds is 3. The fourth-order valence-electron chi connectivity index (χ4n) is 2.94. The molecule has 0 bridgehead atoms. The number of carbonyl (C=O) groups excluding carboxylic acids is 1. The van der Waals surface area contributed by atoms with Gasteiger partial charge in [0.1, 0.15) is 11.6 Å². The predicted octanol–water partition coefficient (Wildman–Crippen LogP) is 3.30. The minimum absolute atomic E-state index is 0.0577. The highest BCUT2D eigenvalue weighted by atomic mass is 19.1. The molecule has 0 aliphatic carbocycles. The van der Waals surface area contributed by atoms with Crippen molar-refractivity contribution in [3.05, 3.63) is 53.8 Å². The molecule has 1 fully saturated rings. The Morgan fingerprint density at radius 2 is 2.04 bits per heavy atom. The molecule has 1 amide bonds. The van der Waals surface area contributed by atoms with Crippen molar-refractivity contribution < 1.29 is 14.3 Å². The van der Waals surface area contributed by atoms with Gasteiger partial charge >= 0.3 is 0 Å². The Balaban J connectivity index is 1.70. The molecule has 3 rings (SSSR count). The first-order chi connectivity index (χ1) is 11.1. The van der Waals surface area contributed by atoms with E-state index in [1.54, 1.807) is 30.3 Å². The van der Waals surface area contributed by atoms with Crippen LogP contribution in [0.15, 0.2) is 42.5 Å². The molecular weight excluding hydrogens is 295 g/mol. The lowest BCUT2D eigenvalue weighted by atomic mass is 10.1. The number of hydrogen-bond donors (Lipinski definition) is 2. The summed E-state index contributed by atoms with van der Waals surface area (Å²) in [5.74, 6) is -0.588. The zero-order chi connectivity index (χ0) is 16.4. The van der Waals surface area contributed by atoms with Gasteiger partial charge in [0.2, 0.25) is 5.91 Å². The second-order valence-electron chi connectivity index (χ2n) is 5.84. The fourth-order valence-corrected chi connectivity index (χ4v) is 2.94. The molecule has 1 heterocycles. The molecule has 2 aromatic rings. The SMILES string of the molecule is Cc1cccc(O)c1NC(=O)C1CCN(c2ccccc2F)C1. The normalized spacial score (nSPS) is 17.3. The van der Waals surface area contributed by atoms with Crippen molar-refractivity contribution in [3.8, 4) is 5.75 Å². The Morgan fingerprint density at radius 3 is 2.78 bits per heavy atom. The van der Waals surface area contributed by atoms with E-state index in [1.165, 1.54) is 6.07 Å². The summed E-state index contributed by atoms with van der Waals surface area (Å²) >= 11 is 0. The maximum absolute atomic E-state index is 13.8. The third-order valence-electron chi connectivity index (χ3n) is 4.25. The van der Waals surface area contributed by atoms with E-state index in [1.807, 2.05) is 17.9 Å². The summed E-state index contributed by atoms with van der Waals surface area (Å²) in [6.07, 6.45) is 0.660. The van der Waals surface area contributed by atoms with E-state index < -0.39 is 0 Å². The molecule has 1 aliphatic rings. The Hall–Kier alpha value is -2.56. The van der Waals surface area contributed by atoms with Gasteiger partial charge in [-0.15, -0.1) is 0 Å². The summed E-state index contributed by atoms with van der Waals surface area (Å²) in [4.78, 5) is 14.3. The Morgan fingerprint density at radius 1 is 1.26 bits per heavy atom. The highest BCUT2D eigenvalue weighted by Crippen LogP contribution is 2.30. The maximum Gasteiger partial charge on any atom is 0.229 e. The molecule has 5 heteroatoms. The number of aryl methyl sites for hydroxylation is 1. The van der Waals surface area contributed by atoms with Crippen LogP contribution in [0.4, 0.5) is 15.8 Å². The molecule has 1 unspecified atom stereocenters. The zero-order valence-corrected chi connectivity index (χ0v) is 12.9. The van der Waals surface area contributed by atoms with Crippen LogP contribution in [-0.4, -0.2) is 24.1 Å². The second-order valence-corrected chi connectivity index (χ2v) is 5.84. The number of nitrogens with one attached hydrogen (secondary N) is 1. The van der Waals surface area contributed by atoms with Gasteiger partial charge in [-0.25, -0.2) is 4.39 Å². The van der Waals surface area contributed by atoms with E-state index in [-0.39, 0.29) is 23.4 Å². The lowest BCUT2D eigenvalue weighted by Gasteiger charge is -2.19. The van der Waals surface area contributed by atoms with Gasteiger partial charge in [-0.2, -0.15) is 0 Å². The standard InChI is InChI=1S/C18H19FN2O2/c1-12-5-4-8-16(22)17(12)20-18(23)13-9-10-21(11-13)15-7-3-2-6-14(15)19/h2-8,13,22H,9-11H2,1H3,(H,20,23). The van der Waals surface area contributed by atoms with E-state index >= 15 is 0 Å². The van der Waals surface area contributed by atoms with E-state index in [9.17, 15) is 14.3 Å². The fraction of sp³-hybridized carbons (Fsp3) is 0.278. The third kappa shape index (κ3) is 3.13. The highest BCUT2D eigenvalue weighted by molar-refractivity contribution is 5.95. The average Bonchev–Trinajstić information content (AvgIpc) is 3.01. The first kappa shape index (κ1) is 15.3. The molecule has 0 radical (unpaired) electrons. The number of nitrogens with zero attached hydrogens (tertiary/aromatic N) is 1. The van der Waals surface area contributed by atoms with Gasteiger partial charge in [0.05, 0.1) is 17.3 Å². The monoisotopic (exact) mass is 314 g/mol. The largest absolute Gasteiger partial charge is 0.506 e. The van der Waals surface area contributed by atoms with Crippen molar-refractivity contribution in [2.45, 2.75) is 13.3 Å². The molecule has 1 atom stereocenters. The summed E-state index contributed by atoms with van der Waals surface area (Å²) in [6.45, 7) is 2.94. The van der Waals surface area contributed by atoms with Crippen molar-refractivity contribution in [1.29, 1.82) is 0 Å². The van der Waals surface area contributed by atoms with Gasteiger partial charge in [0, 0.05) is 13.1 Å². The van der Waals surface area contributed by atoms with Crippen LogP contribution in [0.2, 0.25) is 0 Å². The smallest absolute Gasteiger partial charge is 0.229 e. The molecule has 1 aliphatic heterocycles. The molecule has 2 aromatic carbocycles. The van der Waals surface area contributed by atoms with Crippen molar-refractivity contribution in [2.24, 2.45) is 5.92 Å². The second kappa shape index (κ2) is 6.28. The van der Waals surface area contributed by atoms with E-state index in [0.717, 1.165) is 5.56 Å². The topological polar surface area (TPSA) is 52.6 Å². The Kier molecular flexibility index (Phi) is 4.19. The summed E-state index contributed by atoms with van der Waals surface area (Å²) in [7, 11) is 0. The van der Waals surface area contributed by atoms with Crippen LogP contribution >= 0.6 is 0 Å². The number of anilines is 2. The van der Waals surface area contributed by atoms with Crippen LogP contribution in [0.25, 0.3) is 0 Å². The number of para-hydroxylation sites is 2. The van der Waals surface area contributed by atoms with Gasteiger partial charge in [-0.3, -0.25) is 4.79 Å². The van der Waals surface area contributed by atoms with Gasteiger partial charge < -0.3 is 15.3 Å². The summed E-state index contributed by atoms with van der Waals surface area (Å²) in [5.41, 5.74) is 1.78. The summed E-state index contributed by atoms with van der Waals surface area (Å²) in [5, 5.41) is 12.7. The number of phenols is 1. The minimum Gasteiger partial charge on any atom is -0.506 e. The quantitative estimate of drug-likeness (QED) is 0.855. The highest BCUT2D eigenvalue weighted by Gasteiger charge is 2.30. The van der Waals surface area contributed by atoms with Crippen molar-refractivity contribution in [2.75, 3.05) is 23.3 Å². The number of benzene rings is 2. The van der Waals surface area contributed by atoms with Crippen LogP contribution in [0.3, 0.4) is 0 Å². The van der Waals surface area contributed by atoms with Crippen LogP contribution in [0.5, 0.6) is 5.75 Å². The predicted molar refractivity (Wildman–Crippen MR) is 88.2 cm³/mol. The molecule has 0 spiro atoms. The molecule has 1 saturated heterocycles. The number of aromatic hydroxyl groups is 1. The number of amides is 1. The van der Waals surface area contributed by atoms with Crippen LogP contribution < -0.4 is 10.2 Å². The van der Waals surface area contributed by atoms with E-state index in [2.05, 4.69) is 5.32 Å². The lowest BCUT2D eigenvalue weighted by molar-refractivity contribution is -0.119. The molecule has 2 N–H and O–H groups in total. The summed E-state index contributed by atoms with van der Waals surface area (Å²) in [6, 6.07) is 11.7.